The Hall–Kier alpha value is -3.88. The molecule has 1 aliphatic carbocycles. The van der Waals surface area contributed by atoms with Gasteiger partial charge in [-0.05, 0) is 29.2 Å². The number of ether oxygens (including phenoxy) is 5. The molecule has 0 saturated carbocycles. The molecule has 13 heteroatoms. The zero-order valence-corrected chi connectivity index (χ0v) is 23.8. The van der Waals surface area contributed by atoms with Gasteiger partial charge in [0.25, 0.3) is 5.60 Å². The SMILES string of the molecule is COC(=O)[C@]1(OC(C)=O)[C@@H](OC(C)=O)[C@@H](COC(C)=O)O[C@](O)(C(C)N)[C@@]1(O)NC1c2ccccc2-c2ccccc21. The molecular weight excluding hydrogens is 552 g/mol. The van der Waals surface area contributed by atoms with Crippen molar-refractivity contribution in [2.75, 3.05) is 13.7 Å². The molecule has 1 aliphatic heterocycles. The number of carbonyl (C=O) groups excluding carboxylic acids is 4. The summed E-state index contributed by atoms with van der Waals surface area (Å²) in [5.41, 5.74) is 2.82. The van der Waals surface area contributed by atoms with Crippen LogP contribution in [0.5, 0.6) is 0 Å². The first-order valence-electron chi connectivity index (χ1n) is 13.2. The van der Waals surface area contributed by atoms with E-state index in [1.165, 1.54) is 6.92 Å². The highest BCUT2D eigenvalue weighted by molar-refractivity contribution is 5.87. The second-order valence-electron chi connectivity index (χ2n) is 10.3. The fourth-order valence-corrected chi connectivity index (χ4v) is 5.75. The summed E-state index contributed by atoms with van der Waals surface area (Å²) in [6.07, 6.45) is -3.70. The lowest BCUT2D eigenvalue weighted by Gasteiger charge is -2.60. The Kier molecular flexibility index (Phi) is 8.45. The predicted octanol–water partition coefficient (Wildman–Crippen LogP) is 0.439. The van der Waals surface area contributed by atoms with E-state index in [1.54, 1.807) is 24.3 Å². The third kappa shape index (κ3) is 4.82. The van der Waals surface area contributed by atoms with E-state index in [0.717, 1.165) is 39.0 Å². The minimum absolute atomic E-state index is 0.631. The third-order valence-corrected chi connectivity index (χ3v) is 7.47. The number of methoxy groups -OCH3 is 1. The molecule has 1 fully saturated rings. The van der Waals surface area contributed by atoms with Crippen LogP contribution in [0.3, 0.4) is 0 Å². The van der Waals surface area contributed by atoms with Crippen molar-refractivity contribution >= 4 is 23.9 Å². The number of aliphatic hydroxyl groups is 2. The van der Waals surface area contributed by atoms with Gasteiger partial charge in [-0.3, -0.25) is 19.7 Å². The zero-order valence-electron chi connectivity index (χ0n) is 23.8. The van der Waals surface area contributed by atoms with Gasteiger partial charge in [0.15, 0.2) is 6.10 Å². The molecule has 0 spiro atoms. The Bertz CT molecular complexity index is 1350. The molecule has 13 nitrogen and oxygen atoms in total. The van der Waals surface area contributed by atoms with Crippen molar-refractivity contribution in [3.05, 3.63) is 59.7 Å². The molecule has 0 radical (unpaired) electrons. The zero-order chi connectivity index (χ0) is 31.0. The van der Waals surface area contributed by atoms with Crippen LogP contribution in [-0.4, -0.2) is 83.2 Å². The molecule has 0 bridgehead atoms. The third-order valence-electron chi connectivity index (χ3n) is 7.47. The summed E-state index contributed by atoms with van der Waals surface area (Å²) in [4.78, 5) is 50.7. The number of nitrogens with one attached hydrogen (secondary N) is 1. The lowest BCUT2D eigenvalue weighted by Crippen LogP contribution is -2.90. The number of carbonyl (C=O) groups is 4. The molecule has 2 aromatic carbocycles. The molecule has 0 aromatic heterocycles. The molecule has 5 N–H and O–H groups in total. The van der Waals surface area contributed by atoms with Crippen molar-refractivity contribution in [2.45, 2.75) is 69.1 Å². The number of nitrogens with two attached hydrogens (primary N) is 1. The molecule has 1 saturated heterocycles. The molecule has 4 rings (SSSR count). The van der Waals surface area contributed by atoms with E-state index in [9.17, 15) is 29.4 Å². The summed E-state index contributed by atoms with van der Waals surface area (Å²) in [5, 5.41) is 27.8. The van der Waals surface area contributed by atoms with Crippen LogP contribution in [0.25, 0.3) is 11.1 Å². The Morgan fingerprint density at radius 2 is 1.50 bits per heavy atom. The minimum atomic E-state index is -3.17. The van der Waals surface area contributed by atoms with Crippen LogP contribution >= 0.6 is 0 Å². The fourth-order valence-electron chi connectivity index (χ4n) is 5.75. The van der Waals surface area contributed by atoms with Crippen LogP contribution in [0.4, 0.5) is 0 Å². The summed E-state index contributed by atoms with van der Waals surface area (Å²) >= 11 is 0. The topological polar surface area (TPSA) is 193 Å². The Labute approximate surface area is 241 Å². The summed E-state index contributed by atoms with van der Waals surface area (Å²) in [7, 11) is 0.945. The van der Waals surface area contributed by atoms with Crippen molar-refractivity contribution in [2.24, 2.45) is 5.73 Å². The lowest BCUT2D eigenvalue weighted by atomic mass is 9.71. The van der Waals surface area contributed by atoms with Crippen molar-refractivity contribution in [1.82, 2.24) is 5.32 Å². The molecule has 42 heavy (non-hydrogen) atoms. The second-order valence-corrected chi connectivity index (χ2v) is 10.3. The van der Waals surface area contributed by atoms with Crippen LogP contribution in [0.15, 0.2) is 48.5 Å². The molecule has 1 heterocycles. The van der Waals surface area contributed by atoms with Gasteiger partial charge < -0.3 is 39.6 Å². The van der Waals surface area contributed by atoms with Gasteiger partial charge in [0.1, 0.15) is 12.7 Å². The lowest BCUT2D eigenvalue weighted by molar-refractivity contribution is -0.422. The smallest absolute Gasteiger partial charge is 0.359 e. The first-order valence-corrected chi connectivity index (χ1v) is 13.2. The standard InChI is InChI=1S/C29H34N2O11/c1-15(30)28(36)29(37,31-24-21-12-8-6-10-19(21)20-11-7-9-13-22(20)24)27(26(35)38-5,41-18(4)34)25(40-17(3)33)23(42-28)14-39-16(2)32/h6-13,15,23-25,31,36-37H,14,30H2,1-5H3/t15?,23-,25+,27-,28-,29-/m1/s1. The summed E-state index contributed by atoms with van der Waals surface area (Å²) < 4.78 is 27.0. The summed E-state index contributed by atoms with van der Waals surface area (Å²) in [6, 6.07) is 11.9. The number of fused-ring (bicyclic) bond motifs is 3. The number of benzene rings is 2. The van der Waals surface area contributed by atoms with E-state index in [0.29, 0.717) is 11.1 Å². The maximum Gasteiger partial charge on any atom is 0.359 e. The second kappa shape index (κ2) is 11.4. The first-order chi connectivity index (χ1) is 19.7. The van der Waals surface area contributed by atoms with Crippen molar-refractivity contribution in [3.8, 4) is 11.1 Å². The molecular formula is C29H34N2O11. The molecule has 226 valence electrons. The quantitative estimate of drug-likeness (QED) is 0.189. The van der Waals surface area contributed by atoms with Gasteiger partial charge in [-0.1, -0.05) is 48.5 Å². The van der Waals surface area contributed by atoms with Crippen molar-refractivity contribution < 1.29 is 53.1 Å². The molecule has 2 aliphatic rings. The summed E-state index contributed by atoms with van der Waals surface area (Å²) in [5.74, 6) is -7.27. The van der Waals surface area contributed by atoms with Crippen LogP contribution in [-0.2, 0) is 42.9 Å². The van der Waals surface area contributed by atoms with Gasteiger partial charge in [0.05, 0.1) is 19.2 Å². The average molecular weight is 587 g/mol. The Balaban J connectivity index is 2.04. The van der Waals surface area contributed by atoms with E-state index in [2.05, 4.69) is 5.32 Å². The maximum absolute atomic E-state index is 13.9. The molecule has 0 amide bonds. The fraction of sp³-hybridized carbons (Fsp3) is 0.448. The molecule has 6 atom stereocenters. The number of rotatable bonds is 8. The van der Waals surface area contributed by atoms with Gasteiger partial charge in [0, 0.05) is 20.8 Å². The normalized spacial score (nSPS) is 29.0. The maximum atomic E-state index is 13.9. The highest BCUT2D eigenvalue weighted by Crippen LogP contribution is 2.51. The summed E-state index contributed by atoms with van der Waals surface area (Å²) in [6.45, 7) is 3.61. The number of esters is 4. The van der Waals surface area contributed by atoms with Gasteiger partial charge in [-0.25, -0.2) is 4.79 Å². The number of hydrogen-bond acceptors (Lipinski definition) is 13. The van der Waals surface area contributed by atoms with E-state index >= 15 is 0 Å². The van der Waals surface area contributed by atoms with Gasteiger partial charge in [-0.15, -0.1) is 0 Å². The molecule has 2 aromatic rings. The van der Waals surface area contributed by atoms with Crippen LogP contribution in [0.2, 0.25) is 0 Å². The molecule has 1 unspecified atom stereocenters. The minimum Gasteiger partial charge on any atom is -0.466 e. The van der Waals surface area contributed by atoms with Gasteiger partial charge in [0.2, 0.25) is 11.5 Å². The Morgan fingerprint density at radius 1 is 0.952 bits per heavy atom. The highest BCUT2D eigenvalue weighted by atomic mass is 16.7. The van der Waals surface area contributed by atoms with Crippen molar-refractivity contribution in [1.29, 1.82) is 0 Å². The average Bonchev–Trinajstić information content (AvgIpc) is 3.24. The largest absolute Gasteiger partial charge is 0.466 e. The van der Waals surface area contributed by atoms with E-state index < -0.39 is 71.9 Å². The van der Waals surface area contributed by atoms with E-state index in [4.69, 9.17) is 29.4 Å². The predicted molar refractivity (Wildman–Crippen MR) is 144 cm³/mol. The van der Waals surface area contributed by atoms with Gasteiger partial charge in [-0.2, -0.15) is 0 Å². The highest BCUT2D eigenvalue weighted by Gasteiger charge is 2.81. The monoisotopic (exact) mass is 586 g/mol. The van der Waals surface area contributed by atoms with Crippen LogP contribution < -0.4 is 11.1 Å². The van der Waals surface area contributed by atoms with Crippen LogP contribution in [0.1, 0.15) is 44.9 Å². The van der Waals surface area contributed by atoms with Crippen LogP contribution in [0, 0.1) is 0 Å². The van der Waals surface area contributed by atoms with Gasteiger partial charge >= 0.3 is 23.9 Å². The van der Waals surface area contributed by atoms with E-state index in [1.807, 2.05) is 24.3 Å². The number of hydrogen-bond donors (Lipinski definition) is 4. The van der Waals surface area contributed by atoms with E-state index in [-0.39, 0.29) is 0 Å². The Morgan fingerprint density at radius 3 is 1.95 bits per heavy atom. The van der Waals surface area contributed by atoms with Crippen molar-refractivity contribution in [3.63, 3.8) is 0 Å². The first kappa shape index (κ1) is 31.1.